The van der Waals surface area contributed by atoms with Crippen LogP contribution in [-0.4, -0.2) is 24.5 Å². The molecule has 0 aliphatic carbocycles. The lowest BCUT2D eigenvalue weighted by atomic mass is 10.1. The van der Waals surface area contributed by atoms with Crippen LogP contribution in [0.5, 0.6) is 11.5 Å². The number of anilines is 1. The van der Waals surface area contributed by atoms with Gasteiger partial charge in [0.2, 0.25) is 0 Å². The number of nitro benzene ring substituents is 1. The van der Waals surface area contributed by atoms with Crippen molar-refractivity contribution in [3.8, 4) is 11.5 Å². The molecule has 0 aliphatic heterocycles. The van der Waals surface area contributed by atoms with E-state index in [1.54, 1.807) is 13.0 Å². The first-order valence-electron chi connectivity index (χ1n) is 8.29. The van der Waals surface area contributed by atoms with Gasteiger partial charge in [-0.3, -0.25) is 14.9 Å². The Kier molecular flexibility index (Phi) is 6.63. The minimum Gasteiger partial charge on any atom is -0.493 e. The van der Waals surface area contributed by atoms with Crippen molar-refractivity contribution >= 4 is 28.9 Å². The number of amides is 1. The Morgan fingerprint density at radius 2 is 2.00 bits per heavy atom. The molecule has 0 saturated carbocycles. The van der Waals surface area contributed by atoms with Crippen molar-refractivity contribution in [2.75, 3.05) is 19.0 Å². The van der Waals surface area contributed by atoms with E-state index in [0.717, 1.165) is 0 Å². The summed E-state index contributed by atoms with van der Waals surface area (Å²) in [4.78, 5) is 23.0. The number of carbonyl (C=O) groups excluding carboxylic acids is 1. The van der Waals surface area contributed by atoms with Gasteiger partial charge in [0.05, 0.1) is 29.4 Å². The molecule has 27 heavy (non-hydrogen) atoms. The molecule has 0 radical (unpaired) electrons. The summed E-state index contributed by atoms with van der Waals surface area (Å²) in [5, 5.41) is 13.9. The number of halogens is 1. The Balaban J connectivity index is 2.30. The third kappa shape index (κ3) is 5.10. The number of methoxy groups -OCH3 is 1. The minimum absolute atomic E-state index is 0.107. The molecule has 0 aliphatic rings. The molecule has 0 aromatic heterocycles. The monoisotopic (exact) mass is 392 g/mol. The van der Waals surface area contributed by atoms with Crippen molar-refractivity contribution in [2.24, 2.45) is 5.92 Å². The Hall–Kier alpha value is -2.80. The molecule has 0 unspecified atom stereocenters. The van der Waals surface area contributed by atoms with Gasteiger partial charge in [-0.1, -0.05) is 31.5 Å². The summed E-state index contributed by atoms with van der Waals surface area (Å²) in [6.45, 7) is 6.21. The van der Waals surface area contributed by atoms with E-state index in [1.807, 2.05) is 13.8 Å². The lowest BCUT2D eigenvalue weighted by Gasteiger charge is -2.15. The number of ether oxygens (including phenoxy) is 2. The maximum Gasteiger partial charge on any atom is 0.271 e. The molecule has 0 atom stereocenters. The third-order valence-corrected chi connectivity index (χ3v) is 4.01. The number of benzene rings is 2. The molecule has 1 amide bonds. The second kappa shape index (κ2) is 8.73. The maximum atomic E-state index is 12.6. The molecule has 144 valence electrons. The lowest BCUT2D eigenvalue weighted by molar-refractivity contribution is -0.384. The van der Waals surface area contributed by atoms with E-state index in [-0.39, 0.29) is 16.3 Å². The van der Waals surface area contributed by atoms with E-state index in [4.69, 9.17) is 21.1 Å². The van der Waals surface area contributed by atoms with Crippen molar-refractivity contribution in [1.29, 1.82) is 0 Å². The average Bonchev–Trinajstić information content (AvgIpc) is 2.61. The molecule has 2 aromatic rings. The zero-order valence-corrected chi connectivity index (χ0v) is 16.3. The number of rotatable bonds is 7. The number of nitrogens with zero attached hydrogens (tertiary/aromatic N) is 1. The number of nitrogens with one attached hydrogen (secondary N) is 1. The summed E-state index contributed by atoms with van der Waals surface area (Å²) in [5.74, 6) is 0.541. The number of nitro groups is 1. The van der Waals surface area contributed by atoms with Crippen molar-refractivity contribution in [3.63, 3.8) is 0 Å². The predicted octanol–water partition coefficient (Wildman–Crippen LogP) is 4.85. The molecular formula is C19H21ClN2O5. The van der Waals surface area contributed by atoms with Crippen molar-refractivity contribution in [2.45, 2.75) is 20.8 Å². The highest BCUT2D eigenvalue weighted by Crippen LogP contribution is 2.37. The molecule has 0 heterocycles. The van der Waals surface area contributed by atoms with Crippen LogP contribution in [-0.2, 0) is 0 Å². The fourth-order valence-electron chi connectivity index (χ4n) is 2.29. The molecule has 8 heteroatoms. The van der Waals surface area contributed by atoms with E-state index in [2.05, 4.69) is 5.32 Å². The van der Waals surface area contributed by atoms with E-state index >= 15 is 0 Å². The molecule has 2 aromatic carbocycles. The summed E-state index contributed by atoms with van der Waals surface area (Å²) in [7, 11) is 1.46. The first-order chi connectivity index (χ1) is 12.7. The summed E-state index contributed by atoms with van der Waals surface area (Å²) in [5.41, 5.74) is 1.19. The standard InChI is InChI=1S/C19H21ClN2O5/c1-11(2)10-27-18-15(20)7-13(8-17(18)26-4)19(23)21-16-9-14(22(24)25)6-5-12(16)3/h5-9,11H,10H2,1-4H3,(H,21,23). The fraction of sp³-hybridized carbons (Fsp3) is 0.316. The Morgan fingerprint density at radius 3 is 2.59 bits per heavy atom. The quantitative estimate of drug-likeness (QED) is 0.537. The van der Waals surface area contributed by atoms with Gasteiger partial charge in [-0.15, -0.1) is 0 Å². The Labute approximate surface area is 162 Å². The topological polar surface area (TPSA) is 90.7 Å². The van der Waals surface area contributed by atoms with Crippen molar-refractivity contribution in [1.82, 2.24) is 0 Å². The smallest absolute Gasteiger partial charge is 0.271 e. The van der Waals surface area contributed by atoms with Crippen LogP contribution in [0.25, 0.3) is 0 Å². The maximum absolute atomic E-state index is 12.6. The molecular weight excluding hydrogens is 372 g/mol. The van der Waals surface area contributed by atoms with Crippen LogP contribution >= 0.6 is 11.6 Å². The van der Waals surface area contributed by atoms with Crippen molar-refractivity contribution < 1.29 is 19.2 Å². The van der Waals surface area contributed by atoms with Gasteiger partial charge < -0.3 is 14.8 Å². The number of carbonyl (C=O) groups is 1. The second-order valence-corrected chi connectivity index (χ2v) is 6.81. The highest BCUT2D eigenvalue weighted by atomic mass is 35.5. The molecule has 2 rings (SSSR count). The number of hydrogen-bond donors (Lipinski definition) is 1. The van der Waals surface area contributed by atoms with Gasteiger partial charge in [-0.25, -0.2) is 0 Å². The first kappa shape index (κ1) is 20.5. The average molecular weight is 393 g/mol. The molecule has 0 spiro atoms. The number of aryl methyl sites for hydroxylation is 1. The van der Waals surface area contributed by atoms with Crippen LogP contribution < -0.4 is 14.8 Å². The van der Waals surface area contributed by atoms with Crippen LogP contribution in [0.1, 0.15) is 29.8 Å². The summed E-state index contributed by atoms with van der Waals surface area (Å²) in [6, 6.07) is 7.26. The van der Waals surface area contributed by atoms with Gasteiger partial charge in [0.25, 0.3) is 11.6 Å². The van der Waals surface area contributed by atoms with Crippen LogP contribution in [0.2, 0.25) is 5.02 Å². The SMILES string of the molecule is COc1cc(C(=O)Nc2cc([N+](=O)[O-])ccc2C)cc(Cl)c1OCC(C)C. The van der Waals surface area contributed by atoms with E-state index < -0.39 is 10.8 Å². The Bertz CT molecular complexity index is 867. The van der Waals surface area contributed by atoms with Crippen LogP contribution in [0.4, 0.5) is 11.4 Å². The molecule has 0 bridgehead atoms. The van der Waals surface area contributed by atoms with E-state index in [0.29, 0.717) is 35.3 Å². The van der Waals surface area contributed by atoms with Gasteiger partial charge in [0, 0.05) is 17.7 Å². The fourth-order valence-corrected chi connectivity index (χ4v) is 2.56. The zero-order chi connectivity index (χ0) is 20.1. The zero-order valence-electron chi connectivity index (χ0n) is 15.5. The minimum atomic E-state index is -0.518. The predicted molar refractivity (Wildman–Crippen MR) is 104 cm³/mol. The first-order valence-corrected chi connectivity index (χ1v) is 8.67. The van der Waals surface area contributed by atoms with Gasteiger partial charge in [0.1, 0.15) is 0 Å². The van der Waals surface area contributed by atoms with E-state index in [9.17, 15) is 14.9 Å². The van der Waals surface area contributed by atoms with Gasteiger partial charge in [-0.05, 0) is 30.5 Å². The van der Waals surface area contributed by atoms with Gasteiger partial charge >= 0.3 is 0 Å². The second-order valence-electron chi connectivity index (χ2n) is 6.40. The van der Waals surface area contributed by atoms with Crippen LogP contribution in [0.3, 0.4) is 0 Å². The summed E-state index contributed by atoms with van der Waals surface area (Å²) >= 11 is 6.27. The van der Waals surface area contributed by atoms with Crippen LogP contribution in [0.15, 0.2) is 30.3 Å². The van der Waals surface area contributed by atoms with Gasteiger partial charge in [0.15, 0.2) is 11.5 Å². The summed E-state index contributed by atoms with van der Waals surface area (Å²) in [6.07, 6.45) is 0. The molecule has 0 fully saturated rings. The van der Waals surface area contributed by atoms with E-state index in [1.165, 1.54) is 31.4 Å². The lowest BCUT2D eigenvalue weighted by Crippen LogP contribution is -2.14. The van der Waals surface area contributed by atoms with Crippen LogP contribution in [0, 0.1) is 23.0 Å². The van der Waals surface area contributed by atoms with Gasteiger partial charge in [-0.2, -0.15) is 0 Å². The Morgan fingerprint density at radius 1 is 1.30 bits per heavy atom. The van der Waals surface area contributed by atoms with Crippen molar-refractivity contribution in [3.05, 3.63) is 56.6 Å². The third-order valence-electron chi connectivity index (χ3n) is 3.73. The summed E-state index contributed by atoms with van der Waals surface area (Å²) < 4.78 is 11.0. The highest BCUT2D eigenvalue weighted by Gasteiger charge is 2.18. The molecule has 1 N–H and O–H groups in total. The molecule has 0 saturated heterocycles. The normalized spacial score (nSPS) is 10.6. The number of non-ortho nitro benzene ring substituents is 1. The molecule has 7 nitrogen and oxygen atoms in total. The largest absolute Gasteiger partial charge is 0.493 e. The number of hydrogen-bond acceptors (Lipinski definition) is 5. The highest BCUT2D eigenvalue weighted by molar-refractivity contribution is 6.32.